The Bertz CT molecular complexity index is 167. The Morgan fingerprint density at radius 1 is 1.55 bits per heavy atom. The van der Waals surface area contributed by atoms with Crippen LogP contribution in [-0.4, -0.2) is 41.4 Å². The average molecular weight is 159 g/mol. The molecule has 4 nitrogen and oxygen atoms in total. The maximum absolute atomic E-state index is 10.5. The van der Waals surface area contributed by atoms with Gasteiger partial charge in [-0.25, -0.2) is 0 Å². The third-order valence-electron chi connectivity index (χ3n) is 1.49. The van der Waals surface area contributed by atoms with Crippen LogP contribution >= 0.6 is 0 Å². The van der Waals surface area contributed by atoms with Crippen molar-refractivity contribution in [2.24, 2.45) is 0 Å². The monoisotopic (exact) mass is 159 g/mol. The van der Waals surface area contributed by atoms with Crippen LogP contribution in [0.15, 0.2) is 0 Å². The summed E-state index contributed by atoms with van der Waals surface area (Å²) in [6.45, 7) is 3.17. The van der Waals surface area contributed by atoms with Crippen LogP contribution in [0.1, 0.15) is 13.8 Å². The lowest BCUT2D eigenvalue weighted by atomic mass is 10.3. The molecule has 0 aromatic rings. The molecule has 0 aliphatic carbocycles. The lowest BCUT2D eigenvalue weighted by molar-refractivity contribution is -0.142. The summed E-state index contributed by atoms with van der Waals surface area (Å²) in [5.41, 5.74) is 0. The Hall–Kier alpha value is -0.900. The maximum Gasteiger partial charge on any atom is 0.320 e. The number of nitrogens with zero attached hydrogens (tertiary/aromatic N) is 1. The summed E-state index contributed by atoms with van der Waals surface area (Å²) in [6, 6.07) is -0.598. The van der Waals surface area contributed by atoms with Crippen LogP contribution in [0.4, 0.5) is 0 Å². The molecule has 0 aliphatic heterocycles. The van der Waals surface area contributed by atoms with E-state index in [0.717, 1.165) is 0 Å². The summed E-state index contributed by atoms with van der Waals surface area (Å²) in [5, 5.41) is 8.51. The van der Waals surface area contributed by atoms with Crippen LogP contribution < -0.4 is 0 Å². The van der Waals surface area contributed by atoms with Crippen molar-refractivity contribution < 1.29 is 14.7 Å². The molecule has 1 atom stereocenters. The number of Topliss-reactive ketones (excluding diaryl/α,β-unsaturated/α-hetero) is 1. The second-order valence-corrected chi connectivity index (χ2v) is 2.63. The minimum Gasteiger partial charge on any atom is -0.480 e. The van der Waals surface area contributed by atoms with Gasteiger partial charge in [-0.2, -0.15) is 0 Å². The molecule has 64 valence electrons. The van der Waals surface area contributed by atoms with Gasteiger partial charge >= 0.3 is 5.97 Å². The van der Waals surface area contributed by atoms with Gasteiger partial charge in [0.2, 0.25) is 0 Å². The highest BCUT2D eigenvalue weighted by Crippen LogP contribution is 1.94. The van der Waals surface area contributed by atoms with Crippen molar-refractivity contribution >= 4 is 11.8 Å². The van der Waals surface area contributed by atoms with Gasteiger partial charge < -0.3 is 5.11 Å². The molecule has 0 spiro atoms. The number of aliphatic carboxylic acids is 1. The molecule has 0 heterocycles. The molecule has 0 bridgehead atoms. The van der Waals surface area contributed by atoms with Gasteiger partial charge in [0.15, 0.2) is 0 Å². The normalized spacial score (nSPS) is 13.1. The van der Waals surface area contributed by atoms with Gasteiger partial charge in [0, 0.05) is 0 Å². The molecule has 0 aromatic carbocycles. The van der Waals surface area contributed by atoms with Crippen molar-refractivity contribution in [1.82, 2.24) is 4.90 Å². The first-order valence-electron chi connectivity index (χ1n) is 3.37. The van der Waals surface area contributed by atoms with Crippen LogP contribution in [0.5, 0.6) is 0 Å². The zero-order valence-electron chi connectivity index (χ0n) is 7.00. The van der Waals surface area contributed by atoms with Gasteiger partial charge in [-0.15, -0.1) is 0 Å². The zero-order valence-corrected chi connectivity index (χ0v) is 7.00. The molecule has 0 saturated heterocycles. The van der Waals surface area contributed by atoms with E-state index >= 15 is 0 Å². The highest BCUT2D eigenvalue weighted by atomic mass is 16.4. The standard InChI is InChI=1S/C7H13NO3/c1-5(9)4-8(3)6(2)7(10)11/h6H,4H2,1-3H3,(H,10,11). The Kier molecular flexibility index (Phi) is 3.74. The molecule has 1 unspecified atom stereocenters. The molecule has 11 heavy (non-hydrogen) atoms. The molecule has 0 saturated carbocycles. The van der Waals surface area contributed by atoms with Gasteiger partial charge in [-0.05, 0) is 20.9 Å². The van der Waals surface area contributed by atoms with E-state index in [4.69, 9.17) is 5.11 Å². The Morgan fingerprint density at radius 2 is 2.00 bits per heavy atom. The molecule has 0 aromatic heterocycles. The quantitative estimate of drug-likeness (QED) is 0.626. The van der Waals surface area contributed by atoms with Crippen molar-refractivity contribution in [2.75, 3.05) is 13.6 Å². The fraction of sp³-hybridized carbons (Fsp3) is 0.714. The topological polar surface area (TPSA) is 57.6 Å². The number of hydrogen-bond acceptors (Lipinski definition) is 3. The second-order valence-electron chi connectivity index (χ2n) is 2.63. The zero-order chi connectivity index (χ0) is 9.02. The number of carbonyl (C=O) groups is 2. The second kappa shape index (κ2) is 4.08. The molecular weight excluding hydrogens is 146 g/mol. The Balaban J connectivity index is 3.92. The number of carboxylic acid groups (broad SMARTS) is 1. The predicted octanol–water partition coefficient (Wildman–Crippen LogP) is -0.0197. The van der Waals surface area contributed by atoms with E-state index in [2.05, 4.69) is 0 Å². The highest BCUT2D eigenvalue weighted by molar-refractivity contribution is 5.79. The Morgan fingerprint density at radius 3 is 2.27 bits per heavy atom. The van der Waals surface area contributed by atoms with E-state index in [1.807, 2.05) is 0 Å². The van der Waals surface area contributed by atoms with E-state index in [-0.39, 0.29) is 12.3 Å². The van der Waals surface area contributed by atoms with E-state index in [0.29, 0.717) is 0 Å². The van der Waals surface area contributed by atoms with Crippen molar-refractivity contribution in [3.05, 3.63) is 0 Å². The Labute approximate surface area is 65.8 Å². The first-order valence-corrected chi connectivity index (χ1v) is 3.37. The molecule has 4 heteroatoms. The molecule has 0 amide bonds. The van der Waals surface area contributed by atoms with E-state index in [1.165, 1.54) is 11.8 Å². The summed E-state index contributed by atoms with van der Waals surface area (Å²) in [7, 11) is 1.61. The SMILES string of the molecule is CC(=O)CN(C)C(C)C(=O)O. The van der Waals surface area contributed by atoms with Gasteiger partial charge in [0.25, 0.3) is 0 Å². The highest BCUT2D eigenvalue weighted by Gasteiger charge is 2.16. The minimum absolute atomic E-state index is 0.0272. The lowest BCUT2D eigenvalue weighted by Crippen LogP contribution is -2.38. The first-order chi connectivity index (χ1) is 4.95. The van der Waals surface area contributed by atoms with Gasteiger partial charge in [-0.1, -0.05) is 0 Å². The molecular formula is C7H13NO3. The number of carbonyl (C=O) groups excluding carboxylic acids is 1. The minimum atomic E-state index is -0.909. The van der Waals surface area contributed by atoms with Gasteiger partial charge in [0.05, 0.1) is 6.54 Å². The number of likely N-dealkylation sites (N-methyl/N-ethyl adjacent to an activating group) is 1. The molecule has 0 aliphatic rings. The maximum atomic E-state index is 10.5. The van der Waals surface area contributed by atoms with Crippen LogP contribution in [0.3, 0.4) is 0 Å². The average Bonchev–Trinajstić information content (AvgIpc) is 1.84. The third kappa shape index (κ3) is 3.72. The lowest BCUT2D eigenvalue weighted by Gasteiger charge is -2.18. The molecule has 1 N–H and O–H groups in total. The van der Waals surface area contributed by atoms with Crippen molar-refractivity contribution in [1.29, 1.82) is 0 Å². The fourth-order valence-electron chi connectivity index (χ4n) is 0.677. The van der Waals surface area contributed by atoms with Crippen molar-refractivity contribution in [3.63, 3.8) is 0 Å². The van der Waals surface area contributed by atoms with Crippen LogP contribution in [0, 0.1) is 0 Å². The first kappa shape index (κ1) is 10.1. The van der Waals surface area contributed by atoms with Gasteiger partial charge in [0.1, 0.15) is 11.8 Å². The number of rotatable bonds is 4. The van der Waals surface area contributed by atoms with Crippen molar-refractivity contribution in [2.45, 2.75) is 19.9 Å². The smallest absolute Gasteiger partial charge is 0.320 e. The summed E-state index contributed by atoms with van der Waals surface area (Å²) in [4.78, 5) is 22.4. The summed E-state index contributed by atoms with van der Waals surface area (Å²) in [6.07, 6.45) is 0. The molecule has 0 fully saturated rings. The van der Waals surface area contributed by atoms with E-state index in [1.54, 1.807) is 14.0 Å². The third-order valence-corrected chi connectivity index (χ3v) is 1.49. The summed E-state index contributed by atoms with van der Waals surface area (Å²) >= 11 is 0. The van der Waals surface area contributed by atoms with Crippen LogP contribution in [0.25, 0.3) is 0 Å². The molecule has 0 radical (unpaired) electrons. The van der Waals surface area contributed by atoms with E-state index in [9.17, 15) is 9.59 Å². The number of hydrogen-bond donors (Lipinski definition) is 1. The molecule has 0 rings (SSSR count). The summed E-state index contributed by atoms with van der Waals surface area (Å²) in [5.74, 6) is -0.936. The van der Waals surface area contributed by atoms with Crippen LogP contribution in [-0.2, 0) is 9.59 Å². The number of carboxylic acids is 1. The van der Waals surface area contributed by atoms with E-state index < -0.39 is 12.0 Å². The van der Waals surface area contributed by atoms with Crippen molar-refractivity contribution in [3.8, 4) is 0 Å². The van der Waals surface area contributed by atoms with Gasteiger partial charge in [-0.3, -0.25) is 14.5 Å². The van der Waals surface area contributed by atoms with Crippen LogP contribution in [0.2, 0.25) is 0 Å². The largest absolute Gasteiger partial charge is 0.480 e. The number of ketones is 1. The summed E-state index contributed by atoms with van der Waals surface area (Å²) < 4.78 is 0. The predicted molar refractivity (Wildman–Crippen MR) is 40.4 cm³/mol. The fourth-order valence-corrected chi connectivity index (χ4v) is 0.677.